The van der Waals surface area contributed by atoms with Crippen LogP contribution in [0.3, 0.4) is 0 Å². The van der Waals surface area contributed by atoms with Crippen LogP contribution >= 0.6 is 0 Å². The van der Waals surface area contributed by atoms with Gasteiger partial charge in [-0.15, -0.1) is 0 Å². The maximum atomic E-state index is 12.3. The van der Waals surface area contributed by atoms with Gasteiger partial charge in [0, 0.05) is 13.5 Å². The number of methoxy groups -OCH3 is 1. The highest BCUT2D eigenvalue weighted by atomic mass is 16.5. The Morgan fingerprint density at radius 3 is 2.61 bits per heavy atom. The van der Waals surface area contributed by atoms with Crippen molar-refractivity contribution in [3.05, 3.63) is 59.5 Å². The molecule has 1 heterocycles. The van der Waals surface area contributed by atoms with E-state index < -0.39 is 12.0 Å². The normalized spacial score (nSPS) is 11.9. The van der Waals surface area contributed by atoms with Crippen LogP contribution < -0.4 is 5.32 Å². The predicted octanol–water partition coefficient (Wildman–Crippen LogP) is 2.76. The molecule has 1 unspecified atom stereocenters. The Kier molecular flexibility index (Phi) is 5.94. The molecule has 2 rings (SSSR count). The van der Waals surface area contributed by atoms with E-state index in [1.165, 1.54) is 0 Å². The van der Waals surface area contributed by atoms with Crippen molar-refractivity contribution in [2.75, 3.05) is 7.11 Å². The number of amides is 1. The molecule has 0 aliphatic heterocycles. The lowest BCUT2D eigenvalue weighted by atomic mass is 10.0. The fraction of sp³-hybridized carbons (Fsp3) is 0.294. The number of carbonyl (C=O) groups excluding carboxylic acids is 1. The topological polar surface area (TPSA) is 88.8 Å². The first-order chi connectivity index (χ1) is 11.1. The molecule has 0 saturated heterocycles. The molecular weight excluding hydrogens is 298 g/mol. The second kappa shape index (κ2) is 8.14. The van der Waals surface area contributed by atoms with Gasteiger partial charge in [0.1, 0.15) is 12.4 Å². The fourth-order valence-corrected chi connectivity index (χ4v) is 2.22. The standard InChI is InChI=1S/C17H19NO5/c1-22-11-13-7-9-15(23-13)17(21)18-14(8-10-16(19)20)12-5-3-2-4-6-12/h2-7,9,14H,8,10-11H2,1H3,(H,18,21)(H,19,20). The molecule has 0 saturated carbocycles. The van der Waals surface area contributed by atoms with Crippen molar-refractivity contribution < 1.29 is 23.8 Å². The van der Waals surface area contributed by atoms with Gasteiger partial charge in [-0.3, -0.25) is 9.59 Å². The average molecular weight is 317 g/mol. The summed E-state index contributed by atoms with van der Waals surface area (Å²) < 4.78 is 10.3. The number of carboxylic acid groups (broad SMARTS) is 1. The van der Waals surface area contributed by atoms with Crippen LogP contribution in [-0.2, 0) is 16.1 Å². The van der Waals surface area contributed by atoms with E-state index in [9.17, 15) is 9.59 Å². The minimum Gasteiger partial charge on any atom is -0.481 e. The number of aliphatic carboxylic acids is 1. The Morgan fingerprint density at radius 2 is 1.96 bits per heavy atom. The predicted molar refractivity (Wildman–Crippen MR) is 82.9 cm³/mol. The third kappa shape index (κ3) is 4.96. The number of nitrogens with one attached hydrogen (secondary N) is 1. The van der Waals surface area contributed by atoms with Crippen molar-refractivity contribution in [1.82, 2.24) is 5.32 Å². The fourth-order valence-electron chi connectivity index (χ4n) is 2.22. The Balaban J connectivity index is 2.09. The van der Waals surface area contributed by atoms with Gasteiger partial charge in [0.25, 0.3) is 5.91 Å². The molecule has 0 fully saturated rings. The number of ether oxygens (including phenoxy) is 1. The second-order valence-corrected chi connectivity index (χ2v) is 5.07. The molecule has 1 aromatic carbocycles. The maximum Gasteiger partial charge on any atom is 0.303 e. The van der Waals surface area contributed by atoms with Crippen LogP contribution in [0.1, 0.15) is 40.8 Å². The Labute approximate surface area is 134 Å². The van der Waals surface area contributed by atoms with Crippen molar-refractivity contribution in [1.29, 1.82) is 0 Å². The van der Waals surface area contributed by atoms with E-state index in [1.54, 1.807) is 19.2 Å². The molecule has 0 radical (unpaired) electrons. The Bertz CT molecular complexity index is 650. The summed E-state index contributed by atoms with van der Waals surface area (Å²) in [7, 11) is 1.54. The zero-order chi connectivity index (χ0) is 16.7. The van der Waals surface area contributed by atoms with E-state index >= 15 is 0 Å². The van der Waals surface area contributed by atoms with Crippen molar-refractivity contribution >= 4 is 11.9 Å². The number of rotatable bonds is 8. The molecule has 0 spiro atoms. The molecule has 2 N–H and O–H groups in total. The van der Waals surface area contributed by atoms with Gasteiger partial charge in [-0.25, -0.2) is 0 Å². The van der Waals surface area contributed by atoms with E-state index in [2.05, 4.69) is 5.32 Å². The second-order valence-electron chi connectivity index (χ2n) is 5.07. The maximum absolute atomic E-state index is 12.3. The summed E-state index contributed by atoms with van der Waals surface area (Å²) in [6, 6.07) is 12.1. The van der Waals surface area contributed by atoms with Gasteiger partial charge in [0.05, 0.1) is 6.04 Å². The molecule has 1 amide bonds. The number of hydrogen-bond acceptors (Lipinski definition) is 4. The third-order valence-electron chi connectivity index (χ3n) is 3.33. The molecule has 0 bridgehead atoms. The zero-order valence-electron chi connectivity index (χ0n) is 12.8. The molecule has 2 aromatic rings. The summed E-state index contributed by atoms with van der Waals surface area (Å²) in [4.78, 5) is 23.1. The number of carbonyl (C=O) groups is 2. The number of benzene rings is 1. The van der Waals surface area contributed by atoms with Gasteiger partial charge in [0.2, 0.25) is 0 Å². The van der Waals surface area contributed by atoms with Gasteiger partial charge < -0.3 is 19.6 Å². The average Bonchev–Trinajstić information content (AvgIpc) is 3.01. The lowest BCUT2D eigenvalue weighted by molar-refractivity contribution is -0.137. The quantitative estimate of drug-likeness (QED) is 0.781. The summed E-state index contributed by atoms with van der Waals surface area (Å²) in [6.45, 7) is 0.286. The summed E-state index contributed by atoms with van der Waals surface area (Å²) in [6.07, 6.45) is 0.268. The van der Waals surface area contributed by atoms with Crippen LogP contribution in [0.25, 0.3) is 0 Å². The van der Waals surface area contributed by atoms with Gasteiger partial charge in [0.15, 0.2) is 5.76 Å². The monoisotopic (exact) mass is 317 g/mol. The van der Waals surface area contributed by atoms with Crippen molar-refractivity contribution in [3.8, 4) is 0 Å². The number of carboxylic acids is 1. The van der Waals surface area contributed by atoms with Gasteiger partial charge in [-0.2, -0.15) is 0 Å². The van der Waals surface area contributed by atoms with E-state index in [0.29, 0.717) is 12.2 Å². The van der Waals surface area contributed by atoms with Crippen molar-refractivity contribution in [3.63, 3.8) is 0 Å². The molecule has 6 nitrogen and oxygen atoms in total. The molecule has 6 heteroatoms. The lowest BCUT2D eigenvalue weighted by Crippen LogP contribution is -2.28. The smallest absolute Gasteiger partial charge is 0.303 e. The lowest BCUT2D eigenvalue weighted by Gasteiger charge is -2.17. The SMILES string of the molecule is COCc1ccc(C(=O)NC(CCC(=O)O)c2ccccc2)o1. The summed E-state index contributed by atoms with van der Waals surface area (Å²) in [5, 5.41) is 11.7. The van der Waals surface area contributed by atoms with Gasteiger partial charge in [-0.1, -0.05) is 30.3 Å². The zero-order valence-corrected chi connectivity index (χ0v) is 12.8. The van der Waals surface area contributed by atoms with E-state index in [1.807, 2.05) is 30.3 Å². The third-order valence-corrected chi connectivity index (χ3v) is 3.33. The molecule has 1 atom stereocenters. The van der Waals surface area contributed by atoms with Gasteiger partial charge >= 0.3 is 5.97 Å². The molecule has 23 heavy (non-hydrogen) atoms. The van der Waals surface area contributed by atoms with Crippen LogP contribution in [-0.4, -0.2) is 24.1 Å². The minimum atomic E-state index is -0.902. The van der Waals surface area contributed by atoms with Crippen LogP contribution in [0, 0.1) is 0 Å². The van der Waals surface area contributed by atoms with Crippen molar-refractivity contribution in [2.24, 2.45) is 0 Å². The number of hydrogen-bond donors (Lipinski definition) is 2. The van der Waals surface area contributed by atoms with E-state index in [4.69, 9.17) is 14.3 Å². The molecular formula is C17H19NO5. The van der Waals surface area contributed by atoms with E-state index in [0.717, 1.165) is 5.56 Å². The highest BCUT2D eigenvalue weighted by molar-refractivity contribution is 5.91. The van der Waals surface area contributed by atoms with Crippen LogP contribution in [0.5, 0.6) is 0 Å². The first-order valence-electron chi connectivity index (χ1n) is 7.25. The molecule has 0 aliphatic rings. The highest BCUT2D eigenvalue weighted by Gasteiger charge is 2.19. The van der Waals surface area contributed by atoms with Gasteiger partial charge in [-0.05, 0) is 24.1 Å². The van der Waals surface area contributed by atoms with Crippen LogP contribution in [0.4, 0.5) is 0 Å². The van der Waals surface area contributed by atoms with E-state index in [-0.39, 0.29) is 24.7 Å². The first-order valence-corrected chi connectivity index (χ1v) is 7.25. The summed E-state index contributed by atoms with van der Waals surface area (Å²) in [5.41, 5.74) is 0.853. The summed E-state index contributed by atoms with van der Waals surface area (Å²) in [5.74, 6) is -0.556. The van der Waals surface area contributed by atoms with Crippen LogP contribution in [0.15, 0.2) is 46.9 Å². The Hall–Kier alpha value is -2.60. The molecule has 0 aliphatic carbocycles. The largest absolute Gasteiger partial charge is 0.481 e. The first kappa shape index (κ1) is 16.8. The minimum absolute atomic E-state index is 0.0348. The van der Waals surface area contributed by atoms with Crippen molar-refractivity contribution in [2.45, 2.75) is 25.5 Å². The number of furan rings is 1. The highest BCUT2D eigenvalue weighted by Crippen LogP contribution is 2.19. The Morgan fingerprint density at radius 1 is 1.22 bits per heavy atom. The molecule has 122 valence electrons. The molecule has 1 aromatic heterocycles. The van der Waals surface area contributed by atoms with Crippen LogP contribution in [0.2, 0.25) is 0 Å². The summed E-state index contributed by atoms with van der Waals surface area (Å²) >= 11 is 0.